The Morgan fingerprint density at radius 2 is 1.80 bits per heavy atom. The number of hydrogen-bond donors (Lipinski definition) is 1. The molecule has 2 nitrogen and oxygen atoms in total. The van der Waals surface area contributed by atoms with E-state index in [4.69, 9.17) is 10.2 Å². The Kier molecular flexibility index (Phi) is 5.46. The predicted molar refractivity (Wildman–Crippen MR) is 81.1 cm³/mol. The molecule has 1 unspecified atom stereocenters. The number of benzene rings is 1. The minimum Gasteiger partial charge on any atom is -0.417 e. The van der Waals surface area contributed by atoms with Gasteiger partial charge in [0.25, 0.3) is 0 Å². The van der Waals surface area contributed by atoms with Gasteiger partial charge >= 0.3 is 0 Å². The molecule has 0 aliphatic carbocycles. The molecule has 1 atom stereocenters. The number of nitrogens with two attached hydrogens (primary N) is 1. The average Bonchev–Trinajstić information content (AvgIpc) is 2.30. The molecule has 0 radical (unpaired) electrons. The van der Waals surface area contributed by atoms with Crippen LogP contribution in [0.3, 0.4) is 0 Å². The molecule has 0 saturated heterocycles. The van der Waals surface area contributed by atoms with Crippen molar-refractivity contribution in [2.45, 2.75) is 51.4 Å². The second kappa shape index (κ2) is 6.33. The van der Waals surface area contributed by atoms with Gasteiger partial charge in [0.15, 0.2) is 20.0 Å². The van der Waals surface area contributed by atoms with Crippen LogP contribution in [0.15, 0.2) is 18.2 Å². The number of hydrogen-bond acceptors (Lipinski definition) is 2. The summed E-state index contributed by atoms with van der Waals surface area (Å²) in [5.74, 6) is -1.71. The molecule has 0 aliphatic heterocycles. The number of rotatable bonds is 5. The molecule has 0 aromatic heterocycles. The van der Waals surface area contributed by atoms with E-state index in [-0.39, 0.29) is 11.1 Å². The molecule has 0 saturated carbocycles. The summed E-state index contributed by atoms with van der Waals surface area (Å²) in [6, 6.07) is 3.45. The maximum Gasteiger partial charge on any atom is 0.191 e. The maximum absolute atomic E-state index is 13.2. The lowest BCUT2D eigenvalue weighted by atomic mass is 10.1. The molecule has 2 N–H and O–H groups in total. The minimum atomic E-state index is -1.78. The summed E-state index contributed by atoms with van der Waals surface area (Å²) >= 11 is 0. The van der Waals surface area contributed by atoms with Gasteiger partial charge in [-0.05, 0) is 42.2 Å². The molecule has 20 heavy (non-hydrogen) atoms. The van der Waals surface area contributed by atoms with E-state index in [1.165, 1.54) is 6.07 Å². The summed E-state index contributed by atoms with van der Waals surface area (Å²) in [6.45, 7) is 11.4. The monoisotopic (exact) mass is 301 g/mol. The third-order valence-corrected chi connectivity index (χ3v) is 8.61. The molecule has 1 aromatic rings. The van der Waals surface area contributed by atoms with Crippen LogP contribution < -0.4 is 5.73 Å². The topological polar surface area (TPSA) is 35.2 Å². The fourth-order valence-electron chi connectivity index (χ4n) is 1.57. The summed E-state index contributed by atoms with van der Waals surface area (Å²) in [4.78, 5) is 0. The lowest BCUT2D eigenvalue weighted by Gasteiger charge is -2.36. The zero-order valence-corrected chi connectivity index (χ0v) is 14.0. The first-order valence-electron chi connectivity index (χ1n) is 6.89. The highest BCUT2D eigenvalue weighted by atomic mass is 28.4. The first-order valence-corrected chi connectivity index (χ1v) is 9.80. The van der Waals surface area contributed by atoms with Crippen molar-refractivity contribution in [2.24, 2.45) is 5.73 Å². The van der Waals surface area contributed by atoms with Gasteiger partial charge < -0.3 is 10.2 Å². The lowest BCUT2D eigenvalue weighted by molar-refractivity contribution is 0.272. The van der Waals surface area contributed by atoms with Crippen LogP contribution in [0, 0.1) is 11.6 Å². The quantitative estimate of drug-likeness (QED) is 0.819. The Hall–Kier alpha value is -0.783. The van der Waals surface area contributed by atoms with Crippen LogP contribution in [0.1, 0.15) is 38.8 Å². The molecular formula is C15H25F2NOSi. The third-order valence-electron chi connectivity index (χ3n) is 4.07. The van der Waals surface area contributed by atoms with Gasteiger partial charge in [-0.3, -0.25) is 0 Å². The van der Waals surface area contributed by atoms with Crippen LogP contribution >= 0.6 is 0 Å². The zero-order valence-electron chi connectivity index (χ0n) is 13.0. The average molecular weight is 301 g/mol. The summed E-state index contributed by atoms with van der Waals surface area (Å²) in [5, 5.41) is 0.152. The fourth-order valence-corrected chi connectivity index (χ4v) is 2.63. The normalized spacial score (nSPS) is 14.4. The van der Waals surface area contributed by atoms with Crippen LogP contribution in [0.25, 0.3) is 0 Å². The Morgan fingerprint density at radius 1 is 1.20 bits per heavy atom. The summed E-state index contributed by atoms with van der Waals surface area (Å²) < 4.78 is 32.1. The van der Waals surface area contributed by atoms with Crippen LogP contribution in [0.5, 0.6) is 0 Å². The van der Waals surface area contributed by atoms with Crippen molar-refractivity contribution in [3.63, 3.8) is 0 Å². The second-order valence-corrected chi connectivity index (χ2v) is 11.5. The molecule has 0 fully saturated rings. The first-order chi connectivity index (χ1) is 9.04. The summed E-state index contributed by atoms with van der Waals surface area (Å²) in [6.07, 6.45) is 0.595. The van der Waals surface area contributed by atoms with Crippen molar-refractivity contribution < 1.29 is 13.2 Å². The van der Waals surface area contributed by atoms with E-state index < -0.39 is 20.0 Å². The van der Waals surface area contributed by atoms with Gasteiger partial charge in [-0.1, -0.05) is 26.8 Å². The molecule has 0 spiro atoms. The molecule has 5 heteroatoms. The molecule has 0 amide bonds. The van der Waals surface area contributed by atoms with Gasteiger partial charge in [0.05, 0.1) is 0 Å². The van der Waals surface area contributed by atoms with Crippen molar-refractivity contribution in [2.75, 3.05) is 6.61 Å². The highest BCUT2D eigenvalue weighted by Crippen LogP contribution is 2.36. The van der Waals surface area contributed by atoms with Crippen molar-refractivity contribution in [1.29, 1.82) is 0 Å². The lowest BCUT2D eigenvalue weighted by Crippen LogP contribution is -2.41. The van der Waals surface area contributed by atoms with Crippen molar-refractivity contribution in [1.82, 2.24) is 0 Å². The van der Waals surface area contributed by atoms with Gasteiger partial charge in [0, 0.05) is 12.6 Å². The molecule has 114 valence electrons. The summed E-state index contributed by atoms with van der Waals surface area (Å²) in [7, 11) is -1.78. The van der Waals surface area contributed by atoms with Gasteiger partial charge in [0.1, 0.15) is 0 Å². The minimum absolute atomic E-state index is 0.152. The number of halogens is 2. The Morgan fingerprint density at radius 3 is 2.30 bits per heavy atom. The van der Waals surface area contributed by atoms with Crippen LogP contribution in [-0.4, -0.2) is 14.9 Å². The molecule has 1 aromatic carbocycles. The van der Waals surface area contributed by atoms with E-state index in [1.807, 2.05) is 0 Å². The van der Waals surface area contributed by atoms with Gasteiger partial charge in [0.2, 0.25) is 0 Å². The molecule has 1 rings (SSSR count). The van der Waals surface area contributed by atoms with E-state index in [1.54, 1.807) is 0 Å². The van der Waals surface area contributed by atoms with E-state index in [0.717, 1.165) is 12.1 Å². The maximum atomic E-state index is 13.2. The Bertz CT molecular complexity index is 458. The smallest absolute Gasteiger partial charge is 0.191 e. The summed E-state index contributed by atoms with van der Waals surface area (Å²) in [5.41, 5.74) is 6.60. The Balaban J connectivity index is 2.56. The van der Waals surface area contributed by atoms with E-state index in [2.05, 4.69) is 33.9 Å². The van der Waals surface area contributed by atoms with Crippen LogP contribution in [0.2, 0.25) is 18.1 Å². The van der Waals surface area contributed by atoms with E-state index >= 15 is 0 Å². The highest BCUT2D eigenvalue weighted by molar-refractivity contribution is 6.74. The third kappa shape index (κ3) is 4.36. The standard InChI is InChI=1S/C15H25F2NOSi/c1-15(2,3)20(4,5)19-9-8-14(18)11-6-7-12(16)13(17)10-11/h6-7,10,14H,8-9,18H2,1-5H3. The molecule has 0 heterocycles. The second-order valence-electron chi connectivity index (χ2n) is 6.68. The molecule has 0 bridgehead atoms. The van der Waals surface area contributed by atoms with Gasteiger partial charge in [-0.2, -0.15) is 0 Å². The predicted octanol–water partition coefficient (Wildman–Crippen LogP) is 4.38. The molecule has 0 aliphatic rings. The first kappa shape index (κ1) is 17.3. The van der Waals surface area contributed by atoms with Crippen LogP contribution in [0.4, 0.5) is 8.78 Å². The fraction of sp³-hybridized carbons (Fsp3) is 0.600. The highest BCUT2D eigenvalue weighted by Gasteiger charge is 2.36. The van der Waals surface area contributed by atoms with E-state index in [0.29, 0.717) is 18.6 Å². The van der Waals surface area contributed by atoms with E-state index in [9.17, 15) is 8.78 Å². The molecular weight excluding hydrogens is 276 g/mol. The van der Waals surface area contributed by atoms with Crippen LogP contribution in [-0.2, 0) is 4.43 Å². The SMILES string of the molecule is CC(C)(C)[Si](C)(C)OCCC(N)c1ccc(F)c(F)c1. The Labute approximate surface area is 121 Å². The van der Waals surface area contributed by atoms with Crippen molar-refractivity contribution in [3.05, 3.63) is 35.4 Å². The largest absolute Gasteiger partial charge is 0.417 e. The van der Waals surface area contributed by atoms with Crippen molar-refractivity contribution >= 4 is 8.32 Å². The zero-order chi connectivity index (χ0) is 15.6. The van der Waals surface area contributed by atoms with Gasteiger partial charge in [-0.15, -0.1) is 0 Å². The van der Waals surface area contributed by atoms with Crippen molar-refractivity contribution in [3.8, 4) is 0 Å². The van der Waals surface area contributed by atoms with Gasteiger partial charge in [-0.25, -0.2) is 8.78 Å².